The van der Waals surface area contributed by atoms with Crippen LogP contribution in [0.5, 0.6) is 0 Å². The highest BCUT2D eigenvalue weighted by Crippen LogP contribution is 2.20. The Morgan fingerprint density at radius 2 is 1.86 bits per heavy atom. The molecule has 1 unspecified atom stereocenters. The van der Waals surface area contributed by atoms with Crippen molar-refractivity contribution in [2.24, 2.45) is 5.92 Å². The molecule has 86 valence electrons. The summed E-state index contributed by atoms with van der Waals surface area (Å²) in [5, 5.41) is 17.7. The minimum atomic E-state index is -0.756. The summed E-state index contributed by atoms with van der Waals surface area (Å²) in [6, 6.07) is 0. The maximum atomic E-state index is 9.12. The van der Waals surface area contributed by atoms with Crippen LogP contribution < -0.4 is 0 Å². The van der Waals surface area contributed by atoms with Gasteiger partial charge in [-0.2, -0.15) is 0 Å². The molecular formula is C11H24O3. The van der Waals surface area contributed by atoms with Gasteiger partial charge in [-0.3, -0.25) is 0 Å². The molecule has 0 aromatic carbocycles. The Morgan fingerprint density at radius 1 is 1.29 bits per heavy atom. The van der Waals surface area contributed by atoms with E-state index in [0.717, 1.165) is 12.8 Å². The second kappa shape index (κ2) is 6.38. The van der Waals surface area contributed by atoms with E-state index >= 15 is 0 Å². The van der Waals surface area contributed by atoms with Crippen LogP contribution in [0.15, 0.2) is 0 Å². The third-order valence-electron chi connectivity index (χ3n) is 2.20. The van der Waals surface area contributed by atoms with Crippen molar-refractivity contribution in [3.05, 3.63) is 0 Å². The number of aliphatic hydroxyl groups excluding tert-OH is 2. The summed E-state index contributed by atoms with van der Waals surface area (Å²) in [6.07, 6.45) is 1.33. The molecule has 1 atom stereocenters. The summed E-state index contributed by atoms with van der Waals surface area (Å²) in [5.74, 6) is 0.667. The molecule has 0 aromatic rings. The predicted octanol–water partition coefficient (Wildman–Crippen LogP) is 1.57. The normalized spacial score (nSPS) is 14.8. The van der Waals surface area contributed by atoms with Crippen LogP contribution in [0.3, 0.4) is 0 Å². The fourth-order valence-corrected chi connectivity index (χ4v) is 1.08. The lowest BCUT2D eigenvalue weighted by atomic mass is 9.97. The highest BCUT2D eigenvalue weighted by molar-refractivity contribution is 4.70. The van der Waals surface area contributed by atoms with Crippen molar-refractivity contribution in [2.45, 2.75) is 52.2 Å². The zero-order chi connectivity index (χ0) is 11.2. The van der Waals surface area contributed by atoms with Crippen molar-refractivity contribution in [1.29, 1.82) is 0 Å². The molecule has 3 nitrogen and oxygen atoms in total. The van der Waals surface area contributed by atoms with E-state index in [2.05, 4.69) is 13.8 Å². The molecule has 3 heteroatoms. The van der Waals surface area contributed by atoms with E-state index in [9.17, 15) is 0 Å². The first-order chi connectivity index (χ1) is 6.37. The maximum Gasteiger partial charge on any atom is 0.100 e. The molecule has 0 spiro atoms. The molecule has 0 fully saturated rings. The van der Waals surface area contributed by atoms with Gasteiger partial charge in [0.1, 0.15) is 6.10 Å². The summed E-state index contributed by atoms with van der Waals surface area (Å²) in [4.78, 5) is 0. The Balaban J connectivity index is 3.71. The zero-order valence-corrected chi connectivity index (χ0v) is 9.79. The summed E-state index contributed by atoms with van der Waals surface area (Å²) in [7, 11) is 0. The molecule has 0 aliphatic rings. The molecule has 14 heavy (non-hydrogen) atoms. The Morgan fingerprint density at radius 3 is 2.29 bits per heavy atom. The van der Waals surface area contributed by atoms with Crippen molar-refractivity contribution in [3.63, 3.8) is 0 Å². The van der Waals surface area contributed by atoms with E-state index in [0.29, 0.717) is 5.92 Å². The molecule has 0 saturated heterocycles. The zero-order valence-electron chi connectivity index (χ0n) is 9.79. The minimum absolute atomic E-state index is 0.208. The second-order valence-corrected chi connectivity index (χ2v) is 4.84. The van der Waals surface area contributed by atoms with Gasteiger partial charge in [0.15, 0.2) is 0 Å². The summed E-state index contributed by atoms with van der Waals surface area (Å²) in [6.45, 7) is 8.36. The van der Waals surface area contributed by atoms with Crippen molar-refractivity contribution < 1.29 is 14.9 Å². The highest BCUT2D eigenvalue weighted by Gasteiger charge is 2.19. The Kier molecular flexibility index (Phi) is 6.33. The van der Waals surface area contributed by atoms with E-state index < -0.39 is 6.10 Å². The van der Waals surface area contributed by atoms with E-state index in [-0.39, 0.29) is 18.8 Å². The van der Waals surface area contributed by atoms with Crippen molar-refractivity contribution >= 4 is 0 Å². The van der Waals surface area contributed by atoms with Gasteiger partial charge in [-0.1, -0.05) is 13.8 Å². The summed E-state index contributed by atoms with van der Waals surface area (Å²) < 4.78 is 5.52. The number of hydrogen-bond acceptors (Lipinski definition) is 3. The molecule has 2 N–H and O–H groups in total. The SMILES string of the molecule is CC(C)CCC(C)(C)OCC(O)CO. The van der Waals surface area contributed by atoms with Gasteiger partial charge < -0.3 is 14.9 Å². The van der Waals surface area contributed by atoms with Gasteiger partial charge in [-0.25, -0.2) is 0 Å². The van der Waals surface area contributed by atoms with E-state index in [1.54, 1.807) is 0 Å². The number of hydrogen-bond donors (Lipinski definition) is 2. The molecule has 0 saturated carbocycles. The van der Waals surface area contributed by atoms with Crippen LogP contribution in [0.2, 0.25) is 0 Å². The molecule has 0 heterocycles. The average molecular weight is 204 g/mol. The standard InChI is InChI=1S/C11H24O3/c1-9(2)5-6-11(3,4)14-8-10(13)7-12/h9-10,12-13H,5-8H2,1-4H3. The van der Waals surface area contributed by atoms with Crippen molar-refractivity contribution in [2.75, 3.05) is 13.2 Å². The van der Waals surface area contributed by atoms with Crippen LogP contribution in [0.25, 0.3) is 0 Å². The van der Waals surface area contributed by atoms with Gasteiger partial charge in [-0.15, -0.1) is 0 Å². The smallest absolute Gasteiger partial charge is 0.100 e. The third-order valence-corrected chi connectivity index (χ3v) is 2.20. The lowest BCUT2D eigenvalue weighted by Gasteiger charge is -2.27. The van der Waals surface area contributed by atoms with Crippen LogP contribution in [-0.2, 0) is 4.74 Å². The largest absolute Gasteiger partial charge is 0.394 e. The van der Waals surface area contributed by atoms with Crippen LogP contribution in [0, 0.1) is 5.92 Å². The second-order valence-electron chi connectivity index (χ2n) is 4.84. The van der Waals surface area contributed by atoms with E-state index in [1.165, 1.54) is 0 Å². The molecule has 0 rings (SSSR count). The number of rotatable bonds is 7. The van der Waals surface area contributed by atoms with Crippen LogP contribution in [0.4, 0.5) is 0 Å². The van der Waals surface area contributed by atoms with Crippen molar-refractivity contribution in [1.82, 2.24) is 0 Å². The average Bonchev–Trinajstić information content (AvgIpc) is 2.11. The minimum Gasteiger partial charge on any atom is -0.394 e. The molecule has 0 aliphatic heterocycles. The molecule has 0 aromatic heterocycles. The van der Waals surface area contributed by atoms with Gasteiger partial charge in [0.2, 0.25) is 0 Å². The van der Waals surface area contributed by atoms with Gasteiger partial charge in [0, 0.05) is 0 Å². The van der Waals surface area contributed by atoms with Gasteiger partial charge in [-0.05, 0) is 32.6 Å². The van der Waals surface area contributed by atoms with Crippen LogP contribution in [0.1, 0.15) is 40.5 Å². The lowest BCUT2D eigenvalue weighted by Crippen LogP contribution is -2.31. The topological polar surface area (TPSA) is 49.7 Å². The fraction of sp³-hybridized carbons (Fsp3) is 1.00. The number of ether oxygens (including phenoxy) is 1. The van der Waals surface area contributed by atoms with E-state index in [1.807, 2.05) is 13.8 Å². The van der Waals surface area contributed by atoms with Gasteiger partial charge in [0.05, 0.1) is 18.8 Å². The van der Waals surface area contributed by atoms with E-state index in [4.69, 9.17) is 14.9 Å². The molecule has 0 radical (unpaired) electrons. The van der Waals surface area contributed by atoms with Gasteiger partial charge in [0.25, 0.3) is 0 Å². The summed E-state index contributed by atoms with van der Waals surface area (Å²) >= 11 is 0. The van der Waals surface area contributed by atoms with Crippen LogP contribution >= 0.6 is 0 Å². The maximum absolute atomic E-state index is 9.12. The molecule has 0 aliphatic carbocycles. The van der Waals surface area contributed by atoms with Gasteiger partial charge >= 0.3 is 0 Å². The Bertz CT molecular complexity index is 143. The highest BCUT2D eigenvalue weighted by atomic mass is 16.5. The number of aliphatic hydroxyl groups is 2. The Hall–Kier alpha value is -0.120. The first-order valence-corrected chi connectivity index (χ1v) is 5.30. The first-order valence-electron chi connectivity index (χ1n) is 5.30. The summed E-state index contributed by atoms with van der Waals surface area (Å²) in [5.41, 5.74) is -0.208. The molecule has 0 amide bonds. The lowest BCUT2D eigenvalue weighted by molar-refractivity contribution is -0.0757. The van der Waals surface area contributed by atoms with Crippen molar-refractivity contribution in [3.8, 4) is 0 Å². The molecular weight excluding hydrogens is 180 g/mol. The third kappa shape index (κ3) is 7.30. The molecule has 0 bridgehead atoms. The monoisotopic (exact) mass is 204 g/mol. The first kappa shape index (κ1) is 13.9. The predicted molar refractivity (Wildman–Crippen MR) is 57.2 cm³/mol. The fourth-order valence-electron chi connectivity index (χ4n) is 1.08. The Labute approximate surface area is 87.1 Å². The van der Waals surface area contributed by atoms with Crippen LogP contribution in [-0.4, -0.2) is 35.1 Å². The quantitative estimate of drug-likeness (QED) is 0.662.